The molecule has 54 heavy (non-hydrogen) atoms. The van der Waals surface area contributed by atoms with E-state index < -0.39 is 0 Å². The summed E-state index contributed by atoms with van der Waals surface area (Å²) in [6, 6.07) is 33.0. The summed E-state index contributed by atoms with van der Waals surface area (Å²) in [6.07, 6.45) is 0. The lowest BCUT2D eigenvalue weighted by Gasteiger charge is -2.23. The lowest BCUT2D eigenvalue weighted by Crippen LogP contribution is -2.33. The van der Waals surface area contributed by atoms with Crippen molar-refractivity contribution in [2.75, 3.05) is 0 Å². The van der Waals surface area contributed by atoms with Crippen LogP contribution in [0.15, 0.2) is 113 Å². The van der Waals surface area contributed by atoms with E-state index in [1.807, 2.05) is 54.6 Å². The number of benzene rings is 8. The van der Waals surface area contributed by atoms with Gasteiger partial charge in [0.2, 0.25) is 0 Å². The summed E-state index contributed by atoms with van der Waals surface area (Å²) >= 11 is 0. The second kappa shape index (κ2) is 10.5. The number of hydrogen-bond donors (Lipinski definition) is 1. The van der Waals surface area contributed by atoms with Gasteiger partial charge in [0.25, 0.3) is 11.1 Å². The van der Waals surface area contributed by atoms with Crippen molar-refractivity contribution < 1.29 is 9.59 Å². The van der Waals surface area contributed by atoms with Gasteiger partial charge in [0.05, 0.1) is 16.8 Å². The van der Waals surface area contributed by atoms with Gasteiger partial charge in [-0.05, 0) is 79.5 Å². The summed E-state index contributed by atoms with van der Waals surface area (Å²) in [5, 5.41) is 10.5. The maximum absolute atomic E-state index is 14.6. The summed E-state index contributed by atoms with van der Waals surface area (Å²) in [7, 11) is 0. The monoisotopic (exact) mass is 700 g/mol. The molecule has 0 fully saturated rings. The number of H-pyrrole nitrogens is 1. The molecule has 0 unspecified atom stereocenters. The SMILES string of the molecule is CC(C)c1cccc(C(C)C)c1-n1c(=O)c2ccc3c4ccc5[nH]c6c7c(ccc6c6ccc(c8ccc(c1=O)c2c38)c4c56)C(=O)c1ccccc1C7=O. The molecule has 1 aliphatic carbocycles. The van der Waals surface area contributed by atoms with Crippen LogP contribution >= 0.6 is 0 Å². The normalized spacial score (nSPS) is 13.4. The van der Waals surface area contributed by atoms with Crippen molar-refractivity contribution in [1.82, 2.24) is 9.55 Å². The Hall–Kier alpha value is -6.66. The molecule has 6 heteroatoms. The fraction of sp³-hybridized carbons (Fsp3) is 0.125. The molecule has 258 valence electrons. The second-order valence-electron chi connectivity index (χ2n) is 15.4. The Morgan fingerprint density at radius 3 is 1.48 bits per heavy atom. The van der Waals surface area contributed by atoms with Crippen LogP contribution in [0.5, 0.6) is 0 Å². The third-order valence-corrected chi connectivity index (χ3v) is 12.0. The zero-order valence-corrected chi connectivity index (χ0v) is 30.0. The minimum Gasteiger partial charge on any atom is -0.354 e. The molecular formula is C48H32N2O4. The number of hydrogen-bond acceptors (Lipinski definition) is 4. The van der Waals surface area contributed by atoms with Gasteiger partial charge in [-0.2, -0.15) is 0 Å². The molecule has 0 radical (unpaired) electrons. The van der Waals surface area contributed by atoms with Crippen molar-refractivity contribution in [3.63, 3.8) is 0 Å². The standard InChI is InChI=1S/C48H32N2O4/c1-22(2)24-10-7-11-25(23(3)4)44(24)50-47(53)35-18-14-26-28-12-13-30-31-16-17-34-42(46(52)33-9-6-5-8-32(33)45(34)51)43(31)49-37-21-20-29(39(28)41(30)37)27-15-19-36(48(50)54)40(35)38(26)27/h5-23,49H,1-4H3. The fourth-order valence-corrected chi connectivity index (χ4v) is 9.56. The van der Waals surface area contributed by atoms with Crippen molar-refractivity contribution in [3.05, 3.63) is 157 Å². The number of fused-ring (bicyclic) bond motifs is 7. The molecule has 10 aromatic rings. The van der Waals surface area contributed by atoms with E-state index in [1.54, 1.807) is 30.3 Å². The molecule has 0 atom stereocenters. The van der Waals surface area contributed by atoms with Crippen LogP contribution in [-0.2, 0) is 0 Å². The van der Waals surface area contributed by atoms with Gasteiger partial charge in [0.15, 0.2) is 11.6 Å². The lowest BCUT2D eigenvalue weighted by molar-refractivity contribution is 0.0980. The number of aromatic nitrogens is 2. The number of rotatable bonds is 3. The summed E-state index contributed by atoms with van der Waals surface area (Å²) in [6.45, 7) is 8.37. The van der Waals surface area contributed by atoms with Gasteiger partial charge in [-0.3, -0.25) is 19.2 Å². The van der Waals surface area contributed by atoms with E-state index in [4.69, 9.17) is 0 Å². The minimum absolute atomic E-state index is 0.112. The quantitative estimate of drug-likeness (QED) is 0.147. The zero-order chi connectivity index (χ0) is 36.9. The minimum atomic E-state index is -0.304. The van der Waals surface area contributed by atoms with Crippen molar-refractivity contribution in [1.29, 1.82) is 0 Å². The molecule has 2 heterocycles. The summed E-state index contributed by atoms with van der Waals surface area (Å²) in [5.41, 5.74) is 5.20. The van der Waals surface area contributed by atoms with E-state index in [0.29, 0.717) is 49.6 Å². The Labute approximate surface area is 307 Å². The first-order chi connectivity index (χ1) is 26.2. The first-order valence-corrected chi connectivity index (χ1v) is 18.5. The van der Waals surface area contributed by atoms with E-state index in [2.05, 4.69) is 50.9 Å². The third kappa shape index (κ3) is 3.69. The summed E-state index contributed by atoms with van der Waals surface area (Å²) in [4.78, 5) is 60.4. The van der Waals surface area contributed by atoms with E-state index in [-0.39, 0.29) is 34.5 Å². The molecule has 0 aliphatic heterocycles. The van der Waals surface area contributed by atoms with Gasteiger partial charge in [-0.25, -0.2) is 4.57 Å². The predicted octanol–water partition coefficient (Wildman–Crippen LogP) is 10.5. The zero-order valence-electron chi connectivity index (χ0n) is 30.0. The Kier molecular flexibility index (Phi) is 6.00. The molecule has 11 rings (SSSR count). The molecule has 1 aliphatic rings. The summed E-state index contributed by atoms with van der Waals surface area (Å²) < 4.78 is 1.42. The number of aromatic amines is 1. The maximum atomic E-state index is 14.6. The van der Waals surface area contributed by atoms with Gasteiger partial charge in [-0.15, -0.1) is 0 Å². The smallest absolute Gasteiger partial charge is 0.266 e. The van der Waals surface area contributed by atoms with Gasteiger partial charge >= 0.3 is 0 Å². The van der Waals surface area contributed by atoms with Gasteiger partial charge in [0.1, 0.15) is 0 Å². The first kappa shape index (κ1) is 30.9. The Morgan fingerprint density at radius 2 is 0.907 bits per heavy atom. The largest absolute Gasteiger partial charge is 0.354 e. The highest BCUT2D eigenvalue weighted by molar-refractivity contribution is 6.41. The average Bonchev–Trinajstić information content (AvgIpc) is 3.18. The van der Waals surface area contributed by atoms with Crippen LogP contribution in [-0.4, -0.2) is 21.1 Å². The van der Waals surface area contributed by atoms with E-state index in [1.165, 1.54) is 4.57 Å². The highest BCUT2D eigenvalue weighted by Gasteiger charge is 2.32. The molecule has 8 aromatic carbocycles. The van der Waals surface area contributed by atoms with Crippen LogP contribution in [0.3, 0.4) is 0 Å². The van der Waals surface area contributed by atoms with E-state index >= 15 is 0 Å². The van der Waals surface area contributed by atoms with Crippen LogP contribution < -0.4 is 11.1 Å². The number of nitrogens with one attached hydrogen (secondary N) is 1. The molecule has 0 saturated carbocycles. The Bertz CT molecular complexity index is 3360. The van der Waals surface area contributed by atoms with Crippen molar-refractivity contribution >= 4 is 87.2 Å². The van der Waals surface area contributed by atoms with E-state index in [0.717, 1.165) is 65.1 Å². The Balaban J connectivity index is 1.23. The topological polar surface area (TPSA) is 89.0 Å². The summed E-state index contributed by atoms with van der Waals surface area (Å²) in [5.74, 6) is -0.0902. The molecule has 6 nitrogen and oxygen atoms in total. The highest BCUT2D eigenvalue weighted by Crippen LogP contribution is 2.46. The van der Waals surface area contributed by atoms with Crippen LogP contribution in [0, 0.1) is 0 Å². The van der Waals surface area contributed by atoms with Crippen LogP contribution in [0.2, 0.25) is 0 Å². The maximum Gasteiger partial charge on any atom is 0.266 e. The molecule has 0 spiro atoms. The van der Waals surface area contributed by atoms with Gasteiger partial charge in [-0.1, -0.05) is 107 Å². The predicted molar refractivity (Wildman–Crippen MR) is 219 cm³/mol. The second-order valence-corrected chi connectivity index (χ2v) is 15.4. The molecule has 2 aromatic heterocycles. The number of pyridine rings is 2. The lowest BCUT2D eigenvalue weighted by atomic mass is 9.81. The fourth-order valence-electron chi connectivity index (χ4n) is 9.56. The number of nitrogens with zero attached hydrogens (tertiary/aromatic N) is 1. The molecule has 0 saturated heterocycles. The Morgan fingerprint density at radius 1 is 0.444 bits per heavy atom. The number of carbonyl (C=O) groups excluding carboxylic acids is 2. The van der Waals surface area contributed by atoms with Gasteiger partial charge in [0, 0.05) is 54.5 Å². The molecule has 1 N–H and O–H groups in total. The van der Waals surface area contributed by atoms with Crippen molar-refractivity contribution in [2.45, 2.75) is 39.5 Å². The first-order valence-electron chi connectivity index (χ1n) is 18.5. The van der Waals surface area contributed by atoms with Crippen LogP contribution in [0.4, 0.5) is 0 Å². The average molecular weight is 701 g/mol. The molecule has 0 amide bonds. The molecule has 0 bridgehead atoms. The van der Waals surface area contributed by atoms with Crippen LogP contribution in [0.1, 0.15) is 82.5 Å². The van der Waals surface area contributed by atoms with Gasteiger partial charge < -0.3 is 4.98 Å². The van der Waals surface area contributed by atoms with Crippen LogP contribution in [0.25, 0.3) is 81.4 Å². The number of carbonyl (C=O) groups is 2. The highest BCUT2D eigenvalue weighted by atomic mass is 16.2. The van der Waals surface area contributed by atoms with Crippen molar-refractivity contribution in [3.8, 4) is 5.69 Å². The van der Waals surface area contributed by atoms with E-state index in [9.17, 15) is 19.2 Å². The van der Waals surface area contributed by atoms with Crippen molar-refractivity contribution in [2.24, 2.45) is 0 Å². The number of para-hydroxylation sites is 1. The number of ketones is 2. The third-order valence-electron chi connectivity index (χ3n) is 12.0. The molecular weight excluding hydrogens is 669 g/mol.